The normalized spacial score (nSPS) is 12.6. The van der Waals surface area contributed by atoms with Gasteiger partial charge in [-0.3, -0.25) is 4.79 Å². The third kappa shape index (κ3) is 4.62. The maximum atomic E-state index is 10.4. The molecule has 15 heavy (non-hydrogen) atoms. The van der Waals surface area contributed by atoms with E-state index < -0.39 is 12.0 Å². The molecule has 5 heteroatoms. The zero-order valence-electron chi connectivity index (χ0n) is 8.57. The molecule has 1 rings (SSSR count). The van der Waals surface area contributed by atoms with Crippen LogP contribution in [0.4, 0.5) is 0 Å². The van der Waals surface area contributed by atoms with E-state index in [0.29, 0.717) is 13.0 Å². The molecule has 1 heterocycles. The lowest BCUT2D eigenvalue weighted by atomic mass is 10.2. The first-order valence-corrected chi connectivity index (χ1v) is 5.01. The van der Waals surface area contributed by atoms with Crippen LogP contribution in [-0.2, 0) is 11.2 Å². The van der Waals surface area contributed by atoms with E-state index >= 15 is 0 Å². The number of hydrogen-bond acceptors (Lipinski definition) is 3. The lowest BCUT2D eigenvalue weighted by Crippen LogP contribution is -2.34. The van der Waals surface area contributed by atoms with Crippen molar-refractivity contribution >= 4 is 5.97 Å². The molecule has 1 atom stereocenters. The van der Waals surface area contributed by atoms with Gasteiger partial charge in [-0.25, -0.2) is 0 Å². The van der Waals surface area contributed by atoms with Gasteiger partial charge in [-0.2, -0.15) is 0 Å². The van der Waals surface area contributed by atoms with Crippen LogP contribution in [0.25, 0.3) is 0 Å². The Morgan fingerprint density at radius 2 is 2.40 bits per heavy atom. The number of aromatic nitrogens is 1. The highest BCUT2D eigenvalue weighted by atomic mass is 16.4. The van der Waals surface area contributed by atoms with E-state index in [2.05, 4.69) is 10.3 Å². The largest absolute Gasteiger partial charge is 0.480 e. The van der Waals surface area contributed by atoms with Gasteiger partial charge in [0.25, 0.3) is 0 Å². The summed E-state index contributed by atoms with van der Waals surface area (Å²) in [5.41, 5.74) is 6.52. The van der Waals surface area contributed by atoms with Crippen molar-refractivity contribution in [1.29, 1.82) is 0 Å². The molecular weight excluding hydrogens is 194 g/mol. The van der Waals surface area contributed by atoms with Crippen molar-refractivity contribution in [1.82, 2.24) is 10.3 Å². The van der Waals surface area contributed by atoms with Gasteiger partial charge in [0.2, 0.25) is 0 Å². The van der Waals surface area contributed by atoms with Crippen LogP contribution in [0.5, 0.6) is 0 Å². The molecule has 5 N–H and O–H groups in total. The van der Waals surface area contributed by atoms with Crippen LogP contribution in [0.1, 0.15) is 12.1 Å². The Labute approximate surface area is 88.7 Å². The molecule has 0 saturated carbocycles. The van der Waals surface area contributed by atoms with Gasteiger partial charge in [0.1, 0.15) is 6.04 Å². The Bertz CT molecular complexity index is 285. The second kappa shape index (κ2) is 6.21. The number of nitrogens with one attached hydrogen (secondary N) is 2. The van der Waals surface area contributed by atoms with Gasteiger partial charge in [-0.1, -0.05) is 0 Å². The monoisotopic (exact) mass is 211 g/mol. The first kappa shape index (κ1) is 11.7. The van der Waals surface area contributed by atoms with Crippen LogP contribution in [-0.4, -0.2) is 35.2 Å². The fourth-order valence-electron chi connectivity index (χ4n) is 1.25. The Kier molecular flexibility index (Phi) is 4.86. The summed E-state index contributed by atoms with van der Waals surface area (Å²) < 4.78 is 0. The van der Waals surface area contributed by atoms with Crippen molar-refractivity contribution in [2.24, 2.45) is 5.73 Å². The number of carboxylic acid groups (broad SMARTS) is 1. The fourth-order valence-corrected chi connectivity index (χ4v) is 1.25. The lowest BCUT2D eigenvalue weighted by Gasteiger charge is -2.07. The fraction of sp³-hybridized carbons (Fsp3) is 0.500. The number of carboxylic acids is 1. The van der Waals surface area contributed by atoms with Crippen molar-refractivity contribution in [3.63, 3.8) is 0 Å². The zero-order valence-corrected chi connectivity index (χ0v) is 8.57. The third-order valence-corrected chi connectivity index (χ3v) is 2.18. The summed E-state index contributed by atoms with van der Waals surface area (Å²) in [6.07, 6.45) is 3.26. The Balaban J connectivity index is 2.00. The van der Waals surface area contributed by atoms with E-state index in [4.69, 9.17) is 10.8 Å². The molecule has 0 bridgehead atoms. The molecule has 0 aliphatic rings. The predicted molar refractivity (Wildman–Crippen MR) is 57.6 cm³/mol. The predicted octanol–water partition coefficient (Wildman–Crippen LogP) is -0.0512. The van der Waals surface area contributed by atoms with E-state index in [9.17, 15) is 4.79 Å². The topological polar surface area (TPSA) is 91.1 Å². The van der Waals surface area contributed by atoms with Crippen LogP contribution >= 0.6 is 0 Å². The highest BCUT2D eigenvalue weighted by Gasteiger charge is 2.09. The van der Waals surface area contributed by atoms with E-state index in [1.807, 2.05) is 18.3 Å². The molecule has 1 aromatic heterocycles. The standard InChI is InChI=1S/C10H17N3O2/c11-9(10(14)15)4-7-12-6-3-8-2-1-5-13-8/h1-2,5,9,12-13H,3-4,6-7,11H2,(H,14,15). The molecule has 0 fully saturated rings. The number of carbonyl (C=O) groups is 1. The average molecular weight is 211 g/mol. The second-order valence-corrected chi connectivity index (χ2v) is 3.43. The van der Waals surface area contributed by atoms with Gasteiger partial charge in [0.15, 0.2) is 0 Å². The Morgan fingerprint density at radius 1 is 1.60 bits per heavy atom. The van der Waals surface area contributed by atoms with Crippen molar-refractivity contribution in [3.05, 3.63) is 24.0 Å². The number of aliphatic carboxylic acids is 1. The zero-order chi connectivity index (χ0) is 11.1. The van der Waals surface area contributed by atoms with Gasteiger partial charge in [0.05, 0.1) is 0 Å². The summed E-state index contributed by atoms with van der Waals surface area (Å²) in [5, 5.41) is 11.7. The van der Waals surface area contributed by atoms with E-state index in [1.165, 1.54) is 5.69 Å². The van der Waals surface area contributed by atoms with Crippen LogP contribution in [0.3, 0.4) is 0 Å². The van der Waals surface area contributed by atoms with Crippen molar-refractivity contribution < 1.29 is 9.90 Å². The molecule has 0 amide bonds. The van der Waals surface area contributed by atoms with Gasteiger partial charge in [-0.15, -0.1) is 0 Å². The first-order valence-electron chi connectivity index (χ1n) is 5.01. The van der Waals surface area contributed by atoms with Crippen LogP contribution in [0.15, 0.2) is 18.3 Å². The summed E-state index contributed by atoms with van der Waals surface area (Å²) in [6.45, 7) is 1.46. The van der Waals surface area contributed by atoms with Crippen molar-refractivity contribution in [3.8, 4) is 0 Å². The highest BCUT2D eigenvalue weighted by Crippen LogP contribution is 1.94. The quantitative estimate of drug-likeness (QED) is 0.476. The van der Waals surface area contributed by atoms with Gasteiger partial charge in [-0.05, 0) is 31.5 Å². The molecule has 0 aliphatic heterocycles. The van der Waals surface area contributed by atoms with E-state index in [1.54, 1.807) is 0 Å². The van der Waals surface area contributed by atoms with Crippen LogP contribution < -0.4 is 11.1 Å². The molecule has 0 aliphatic carbocycles. The maximum absolute atomic E-state index is 10.4. The minimum atomic E-state index is -0.943. The maximum Gasteiger partial charge on any atom is 0.320 e. The molecule has 0 aromatic carbocycles. The lowest BCUT2D eigenvalue weighted by molar-refractivity contribution is -0.138. The molecule has 0 saturated heterocycles. The number of H-pyrrole nitrogens is 1. The van der Waals surface area contributed by atoms with Crippen LogP contribution in [0.2, 0.25) is 0 Å². The molecule has 0 radical (unpaired) electrons. The molecule has 0 spiro atoms. The molecule has 84 valence electrons. The number of nitrogens with two attached hydrogens (primary N) is 1. The summed E-state index contributed by atoms with van der Waals surface area (Å²) in [5.74, 6) is -0.943. The first-order chi connectivity index (χ1) is 7.20. The SMILES string of the molecule is NC(CCNCCc1ccc[nH]1)C(=O)O. The summed E-state index contributed by atoms with van der Waals surface area (Å²) in [6, 6.07) is 3.21. The van der Waals surface area contributed by atoms with E-state index in [0.717, 1.165) is 13.0 Å². The summed E-state index contributed by atoms with van der Waals surface area (Å²) >= 11 is 0. The number of hydrogen-bond donors (Lipinski definition) is 4. The average Bonchev–Trinajstić information content (AvgIpc) is 2.69. The Hall–Kier alpha value is -1.33. The summed E-state index contributed by atoms with van der Waals surface area (Å²) in [4.78, 5) is 13.5. The van der Waals surface area contributed by atoms with Crippen molar-refractivity contribution in [2.75, 3.05) is 13.1 Å². The van der Waals surface area contributed by atoms with Gasteiger partial charge < -0.3 is 21.1 Å². The molecule has 1 aromatic rings. The minimum Gasteiger partial charge on any atom is -0.480 e. The van der Waals surface area contributed by atoms with Gasteiger partial charge >= 0.3 is 5.97 Å². The van der Waals surface area contributed by atoms with Crippen molar-refractivity contribution in [2.45, 2.75) is 18.9 Å². The van der Waals surface area contributed by atoms with Crippen LogP contribution in [0, 0.1) is 0 Å². The smallest absolute Gasteiger partial charge is 0.320 e. The highest BCUT2D eigenvalue weighted by molar-refractivity contribution is 5.72. The number of rotatable bonds is 7. The van der Waals surface area contributed by atoms with E-state index in [-0.39, 0.29) is 0 Å². The molecule has 1 unspecified atom stereocenters. The van der Waals surface area contributed by atoms with Gasteiger partial charge in [0, 0.05) is 18.4 Å². The third-order valence-electron chi connectivity index (χ3n) is 2.18. The minimum absolute atomic E-state index is 0.458. The second-order valence-electron chi connectivity index (χ2n) is 3.43. The number of aromatic amines is 1. The Morgan fingerprint density at radius 3 is 3.00 bits per heavy atom. The molecular formula is C10H17N3O2. The molecule has 5 nitrogen and oxygen atoms in total. The summed E-state index contributed by atoms with van der Waals surface area (Å²) in [7, 11) is 0.